The fourth-order valence-electron chi connectivity index (χ4n) is 3.15. The number of benzene rings is 2. The van der Waals surface area contributed by atoms with Crippen molar-refractivity contribution in [1.29, 1.82) is 0 Å². The molecule has 0 saturated carbocycles. The lowest BCUT2D eigenvalue weighted by Crippen LogP contribution is -2.30. The maximum Gasteiger partial charge on any atom is 0.326 e. The van der Waals surface area contributed by atoms with Crippen LogP contribution < -0.4 is 9.03 Å². The lowest BCUT2D eigenvalue weighted by molar-refractivity contribution is -0.141. The summed E-state index contributed by atoms with van der Waals surface area (Å²) in [5.41, 5.74) is 0.168. The van der Waals surface area contributed by atoms with Crippen molar-refractivity contribution < 1.29 is 32.6 Å². The van der Waals surface area contributed by atoms with Gasteiger partial charge in [-0.25, -0.2) is 13.4 Å². The number of carboxylic acids is 1. The third kappa shape index (κ3) is 3.72. The Morgan fingerprint density at radius 1 is 1.36 bits per heavy atom. The highest BCUT2D eigenvalue weighted by atomic mass is 32.2. The lowest BCUT2D eigenvalue weighted by atomic mass is 9.98. The Hall–Kier alpha value is -2.88. The molecule has 0 bridgehead atoms. The zero-order valence-electron chi connectivity index (χ0n) is 15.0. The van der Waals surface area contributed by atoms with E-state index < -0.39 is 51.8 Å². The number of carbonyl (C=O) groups is 2. The van der Waals surface area contributed by atoms with Crippen molar-refractivity contribution in [3.8, 4) is 5.75 Å². The number of aliphatic carboxylic acids is 1. The van der Waals surface area contributed by atoms with Gasteiger partial charge in [-0.1, -0.05) is 19.1 Å². The second kappa shape index (κ2) is 7.27. The molecule has 0 aromatic heterocycles. The van der Waals surface area contributed by atoms with E-state index in [0.29, 0.717) is 29.0 Å². The third-order valence-electron chi connectivity index (χ3n) is 4.69. The van der Waals surface area contributed by atoms with Gasteiger partial charge in [0, 0.05) is 5.39 Å². The highest BCUT2D eigenvalue weighted by molar-refractivity contribution is 7.92. The Morgan fingerprint density at radius 2 is 2.07 bits per heavy atom. The first-order chi connectivity index (χ1) is 13.1. The summed E-state index contributed by atoms with van der Waals surface area (Å²) in [6.45, 7) is 0.994. The molecule has 3 N–H and O–H groups in total. The molecule has 1 aliphatic rings. The van der Waals surface area contributed by atoms with E-state index in [0.717, 1.165) is 5.56 Å². The minimum atomic E-state index is -4.27. The van der Waals surface area contributed by atoms with E-state index >= 15 is 4.39 Å². The number of carboxylic acid groups (broad SMARTS) is 1. The van der Waals surface area contributed by atoms with Crippen LogP contribution in [0.1, 0.15) is 25.3 Å². The average Bonchev–Trinajstić information content (AvgIpc) is 2.87. The predicted molar refractivity (Wildman–Crippen MR) is 99.7 cm³/mol. The highest BCUT2D eigenvalue weighted by Crippen LogP contribution is 2.38. The van der Waals surface area contributed by atoms with Crippen LogP contribution in [-0.4, -0.2) is 37.1 Å². The number of aryl methyl sites for hydroxylation is 1. The van der Waals surface area contributed by atoms with Crippen LogP contribution in [-0.2, 0) is 26.2 Å². The maximum atomic E-state index is 15.1. The molecule has 1 saturated heterocycles. The Bertz CT molecular complexity index is 1070. The largest absolute Gasteiger partial charge is 0.506 e. The van der Waals surface area contributed by atoms with Crippen molar-refractivity contribution in [3.63, 3.8) is 0 Å². The van der Waals surface area contributed by atoms with Crippen molar-refractivity contribution in [2.45, 2.75) is 26.2 Å². The molecule has 1 aliphatic heterocycles. The zero-order chi connectivity index (χ0) is 20.6. The summed E-state index contributed by atoms with van der Waals surface area (Å²) in [7, 11) is -4.27. The van der Waals surface area contributed by atoms with Gasteiger partial charge < -0.3 is 10.2 Å². The Morgan fingerprint density at radius 3 is 2.68 bits per heavy atom. The fraction of sp³-hybridized carbons (Fsp3) is 0.333. The maximum absolute atomic E-state index is 15.1. The Labute approximate surface area is 160 Å². The molecule has 1 amide bonds. The van der Waals surface area contributed by atoms with E-state index in [4.69, 9.17) is 5.11 Å². The topological polar surface area (TPSA) is 124 Å². The normalized spacial score (nSPS) is 16.9. The molecule has 150 valence electrons. The molecule has 1 fully saturated rings. The van der Waals surface area contributed by atoms with Crippen LogP contribution in [0.3, 0.4) is 0 Å². The number of fused-ring (bicyclic) bond motifs is 1. The van der Waals surface area contributed by atoms with Crippen molar-refractivity contribution >= 4 is 38.5 Å². The molecule has 8 nitrogen and oxygen atoms in total. The van der Waals surface area contributed by atoms with Gasteiger partial charge in [0.25, 0.3) is 5.91 Å². The second-order valence-corrected chi connectivity index (χ2v) is 8.38. The first kappa shape index (κ1) is 19.9. The van der Waals surface area contributed by atoms with Crippen LogP contribution in [0.25, 0.3) is 10.8 Å². The standard InChI is InChI=1S/C18H19FN2O6S/c1-10(18(24)25)3-2-4-11-5-6-12-8-14(22)17(16(19)13(12)7-11)21-9-15(23)20-28(21,26)27/h5-8,10,22H,2-4,9H2,1H3,(H,20,23)(H,24,25)/t10-/m1/s1. The summed E-state index contributed by atoms with van der Waals surface area (Å²) < 4.78 is 41.4. The van der Waals surface area contributed by atoms with Gasteiger partial charge in [-0.2, -0.15) is 8.42 Å². The number of amides is 1. The number of hydrogen-bond donors (Lipinski definition) is 3. The van der Waals surface area contributed by atoms with Crippen LogP contribution in [0.2, 0.25) is 0 Å². The molecule has 0 aliphatic carbocycles. The third-order valence-corrected chi connectivity index (χ3v) is 6.07. The summed E-state index contributed by atoms with van der Waals surface area (Å²) in [4.78, 5) is 22.3. The first-order valence-corrected chi connectivity index (χ1v) is 10.0. The Kier molecular flexibility index (Phi) is 5.16. The number of rotatable bonds is 6. The monoisotopic (exact) mass is 410 g/mol. The predicted octanol–water partition coefficient (Wildman–Crippen LogP) is 1.91. The molecule has 10 heteroatoms. The first-order valence-electron chi connectivity index (χ1n) is 8.60. The van der Waals surface area contributed by atoms with Crippen LogP contribution in [0.4, 0.5) is 10.1 Å². The van der Waals surface area contributed by atoms with Crippen molar-refractivity contribution in [1.82, 2.24) is 4.72 Å². The molecule has 2 aromatic carbocycles. The number of anilines is 1. The highest BCUT2D eigenvalue weighted by Gasteiger charge is 2.37. The summed E-state index contributed by atoms with van der Waals surface area (Å²) >= 11 is 0. The minimum Gasteiger partial charge on any atom is -0.506 e. The van der Waals surface area contributed by atoms with Crippen molar-refractivity contribution in [2.24, 2.45) is 5.92 Å². The van der Waals surface area contributed by atoms with Gasteiger partial charge in [-0.3, -0.25) is 9.59 Å². The number of hydrogen-bond acceptors (Lipinski definition) is 5. The molecular weight excluding hydrogens is 391 g/mol. The molecule has 28 heavy (non-hydrogen) atoms. The smallest absolute Gasteiger partial charge is 0.326 e. The zero-order valence-corrected chi connectivity index (χ0v) is 15.8. The van der Waals surface area contributed by atoms with Crippen molar-refractivity contribution in [2.75, 3.05) is 10.8 Å². The van der Waals surface area contributed by atoms with E-state index in [1.807, 2.05) is 0 Å². The molecule has 0 radical (unpaired) electrons. The van der Waals surface area contributed by atoms with Gasteiger partial charge in [0.2, 0.25) is 0 Å². The van der Waals surface area contributed by atoms with Gasteiger partial charge in [0.05, 0.1) is 5.92 Å². The van der Waals surface area contributed by atoms with Crippen LogP contribution >= 0.6 is 0 Å². The molecule has 1 atom stereocenters. The summed E-state index contributed by atoms with van der Waals surface area (Å²) in [5.74, 6) is -3.71. The van der Waals surface area contributed by atoms with E-state index in [9.17, 15) is 23.1 Å². The molecule has 0 unspecified atom stereocenters. The summed E-state index contributed by atoms with van der Waals surface area (Å²) in [6, 6.07) is 6.11. The number of phenols is 1. The molecule has 2 aromatic rings. The van der Waals surface area contributed by atoms with Gasteiger partial charge in [-0.15, -0.1) is 0 Å². The van der Waals surface area contributed by atoms with Crippen LogP contribution in [0.15, 0.2) is 24.3 Å². The summed E-state index contributed by atoms with van der Waals surface area (Å²) in [6.07, 6.45) is 1.58. The number of nitrogens with zero attached hydrogens (tertiary/aromatic N) is 1. The molecule has 0 spiro atoms. The van der Waals surface area contributed by atoms with Crippen molar-refractivity contribution in [3.05, 3.63) is 35.6 Å². The van der Waals surface area contributed by atoms with Gasteiger partial charge >= 0.3 is 16.2 Å². The van der Waals surface area contributed by atoms with Gasteiger partial charge in [0.15, 0.2) is 5.82 Å². The number of aromatic hydroxyl groups is 1. The van der Waals surface area contributed by atoms with E-state index in [2.05, 4.69) is 0 Å². The SMILES string of the molecule is C[C@H](CCCc1ccc2cc(O)c(N3CC(=O)NS3(=O)=O)c(F)c2c1)C(=O)O. The average molecular weight is 410 g/mol. The quantitative estimate of drug-likeness (QED) is 0.668. The molecule has 1 heterocycles. The molecule has 3 rings (SSSR count). The van der Waals surface area contributed by atoms with Gasteiger partial charge in [0.1, 0.15) is 18.0 Å². The second-order valence-electron chi connectivity index (χ2n) is 6.78. The van der Waals surface area contributed by atoms with Gasteiger partial charge in [-0.05, 0) is 42.3 Å². The van der Waals surface area contributed by atoms with Crippen LogP contribution in [0.5, 0.6) is 5.75 Å². The van der Waals surface area contributed by atoms with E-state index in [1.165, 1.54) is 12.1 Å². The number of halogens is 1. The number of nitrogens with one attached hydrogen (secondary N) is 1. The fourth-order valence-corrected chi connectivity index (χ4v) is 4.31. The number of phenolic OH excluding ortho intramolecular Hbond substituents is 1. The number of carbonyl (C=O) groups excluding carboxylic acids is 1. The van der Waals surface area contributed by atoms with Crippen LogP contribution in [0, 0.1) is 11.7 Å². The Balaban J connectivity index is 1.95. The minimum absolute atomic E-state index is 0.103. The van der Waals surface area contributed by atoms with E-state index in [-0.39, 0.29) is 5.39 Å². The van der Waals surface area contributed by atoms with E-state index in [1.54, 1.807) is 23.8 Å². The summed E-state index contributed by atoms with van der Waals surface area (Å²) in [5, 5.41) is 19.5. The molecular formula is C18H19FN2O6S. The lowest BCUT2D eigenvalue weighted by Gasteiger charge is -2.18.